The summed E-state index contributed by atoms with van der Waals surface area (Å²) in [4.78, 5) is 23.8. The molecule has 3 rings (SSSR count). The molecule has 156 valence electrons. The molecule has 3 heterocycles. The lowest BCUT2D eigenvalue weighted by Crippen LogP contribution is -2.44. The lowest BCUT2D eigenvalue weighted by atomic mass is 9.97. The molecule has 0 unspecified atom stereocenters. The van der Waals surface area contributed by atoms with Crippen molar-refractivity contribution in [3.8, 4) is 0 Å². The first-order valence-electron chi connectivity index (χ1n) is 8.61. The highest BCUT2D eigenvalue weighted by atomic mass is 32.3. The second-order valence-electron chi connectivity index (χ2n) is 6.35. The summed E-state index contributed by atoms with van der Waals surface area (Å²) in [7, 11) is -1.63. The summed E-state index contributed by atoms with van der Waals surface area (Å²) in [6, 6.07) is -2.16. The first-order valence-corrected chi connectivity index (χ1v) is 9.98. The Labute approximate surface area is 161 Å². The van der Waals surface area contributed by atoms with Crippen molar-refractivity contribution in [2.75, 3.05) is 26.7 Å². The molecule has 0 aliphatic carbocycles. The maximum Gasteiger partial charge on any atom is 0.418 e. The van der Waals surface area contributed by atoms with Crippen LogP contribution in [0.4, 0.5) is 4.79 Å². The van der Waals surface area contributed by atoms with E-state index in [2.05, 4.69) is 19.9 Å². The van der Waals surface area contributed by atoms with Crippen molar-refractivity contribution in [1.82, 2.24) is 25.2 Å². The van der Waals surface area contributed by atoms with Crippen molar-refractivity contribution in [3.05, 3.63) is 17.5 Å². The van der Waals surface area contributed by atoms with Gasteiger partial charge in [-0.3, -0.25) is 24.5 Å². The van der Waals surface area contributed by atoms with Crippen LogP contribution in [0.3, 0.4) is 0 Å². The van der Waals surface area contributed by atoms with E-state index in [1.165, 1.54) is 11.1 Å². The smallest absolute Gasteiger partial charge is 0.330 e. The average molecular weight is 417 g/mol. The van der Waals surface area contributed by atoms with Crippen LogP contribution in [0.2, 0.25) is 0 Å². The molecule has 0 saturated carbocycles. The van der Waals surface area contributed by atoms with Gasteiger partial charge in [0.25, 0.3) is 0 Å². The standard InChI is InChI=1S/C14H23N7O6S/c1-16-13(18-26-6-4-3-5-15)12-11-9(7-17-19(11)2)10-8-20(12)14(22)21(10)27-28(23,24)25/h7,10,12H,3-6,8,15H2,1-2H3,(H,16,18)(H,23,24,25)/t10-,12+/m1/s1. The summed E-state index contributed by atoms with van der Waals surface area (Å²) in [5.41, 5.74) is 9.44. The molecule has 4 N–H and O–H groups in total. The molecule has 2 atom stereocenters. The Morgan fingerprint density at radius 3 is 2.89 bits per heavy atom. The van der Waals surface area contributed by atoms with Crippen LogP contribution in [0.1, 0.15) is 36.2 Å². The number of urea groups is 1. The molecule has 13 nitrogen and oxygen atoms in total. The number of nitrogens with one attached hydrogen (secondary N) is 1. The largest absolute Gasteiger partial charge is 0.418 e. The van der Waals surface area contributed by atoms with Gasteiger partial charge in [0.05, 0.1) is 25.0 Å². The number of nitrogens with two attached hydrogens (primary N) is 1. The second-order valence-corrected chi connectivity index (χ2v) is 7.35. The number of fused-ring (bicyclic) bond motifs is 4. The Morgan fingerprint density at radius 2 is 2.25 bits per heavy atom. The van der Waals surface area contributed by atoms with Gasteiger partial charge in [-0.1, -0.05) is 0 Å². The van der Waals surface area contributed by atoms with Gasteiger partial charge in [0.15, 0.2) is 0 Å². The number of rotatable bonds is 8. The van der Waals surface area contributed by atoms with Crippen LogP contribution < -0.4 is 11.2 Å². The highest BCUT2D eigenvalue weighted by Gasteiger charge is 2.53. The maximum atomic E-state index is 12.8. The van der Waals surface area contributed by atoms with Crippen LogP contribution in [-0.4, -0.2) is 71.3 Å². The number of unbranched alkanes of at least 4 members (excludes halogenated alkanes) is 1. The predicted molar refractivity (Wildman–Crippen MR) is 96.0 cm³/mol. The molecule has 0 radical (unpaired) electrons. The molecule has 14 heteroatoms. The normalized spacial score (nSPS) is 22.0. The van der Waals surface area contributed by atoms with Gasteiger partial charge in [0, 0.05) is 19.7 Å². The molecule has 2 amide bonds. The molecule has 28 heavy (non-hydrogen) atoms. The van der Waals surface area contributed by atoms with Crippen LogP contribution in [0.15, 0.2) is 11.2 Å². The summed E-state index contributed by atoms with van der Waals surface area (Å²) >= 11 is 0. The Kier molecular flexibility index (Phi) is 5.85. The summed E-state index contributed by atoms with van der Waals surface area (Å²) < 4.78 is 37.5. The number of nitrogens with zero attached hydrogens (tertiary/aromatic N) is 5. The fourth-order valence-corrected chi connectivity index (χ4v) is 3.74. The number of hydrogen-bond donors (Lipinski definition) is 3. The van der Waals surface area contributed by atoms with Crippen molar-refractivity contribution in [1.29, 1.82) is 0 Å². The first kappa shape index (κ1) is 20.5. The van der Waals surface area contributed by atoms with E-state index in [1.807, 2.05) is 0 Å². The second kappa shape index (κ2) is 8.00. The molecule has 0 aromatic carbocycles. The van der Waals surface area contributed by atoms with Gasteiger partial charge in [0.2, 0.25) is 0 Å². The third-order valence-electron chi connectivity index (χ3n) is 4.58. The topological polar surface area (TPSA) is 165 Å². The van der Waals surface area contributed by atoms with Crippen molar-refractivity contribution in [2.24, 2.45) is 17.8 Å². The number of aryl methyl sites for hydroxylation is 1. The number of aliphatic imine (C=N–C) groups is 1. The molecule has 2 aliphatic rings. The number of amidine groups is 1. The van der Waals surface area contributed by atoms with E-state index in [9.17, 15) is 13.2 Å². The number of hydrogen-bond acceptors (Lipinski definition) is 8. The van der Waals surface area contributed by atoms with Gasteiger partial charge in [0.1, 0.15) is 17.9 Å². The molecule has 1 aromatic rings. The first-order chi connectivity index (χ1) is 13.3. The molecule has 0 spiro atoms. The SMILES string of the molecule is CN=C(NOCCCCN)[C@@H]1c2c(cnn2C)[C@H]2CN1C(=O)N2OS(=O)(=O)O. The summed E-state index contributed by atoms with van der Waals surface area (Å²) in [5, 5.41) is 4.84. The Bertz CT molecular complexity index is 870. The minimum absolute atomic E-state index is 0.131. The highest BCUT2D eigenvalue weighted by Crippen LogP contribution is 2.44. The van der Waals surface area contributed by atoms with Crippen molar-refractivity contribution in [2.45, 2.75) is 24.9 Å². The zero-order chi connectivity index (χ0) is 20.5. The van der Waals surface area contributed by atoms with E-state index in [0.717, 1.165) is 12.8 Å². The fourth-order valence-electron chi connectivity index (χ4n) is 3.37. The van der Waals surface area contributed by atoms with Gasteiger partial charge in [-0.05, 0) is 19.4 Å². The van der Waals surface area contributed by atoms with Crippen molar-refractivity contribution < 1.29 is 26.9 Å². The summed E-state index contributed by atoms with van der Waals surface area (Å²) in [6.07, 6.45) is 3.09. The highest BCUT2D eigenvalue weighted by molar-refractivity contribution is 7.80. The van der Waals surface area contributed by atoms with Crippen molar-refractivity contribution >= 4 is 22.3 Å². The van der Waals surface area contributed by atoms with Crippen LogP contribution in [0.25, 0.3) is 0 Å². The zero-order valence-corrected chi connectivity index (χ0v) is 16.3. The van der Waals surface area contributed by atoms with Gasteiger partial charge in [-0.15, -0.1) is 4.28 Å². The summed E-state index contributed by atoms with van der Waals surface area (Å²) in [5.74, 6) is 0.345. The molecule has 2 aliphatic heterocycles. The Hall–Kier alpha value is -2.26. The molecule has 1 aromatic heterocycles. The Balaban J connectivity index is 1.88. The number of amides is 2. The maximum absolute atomic E-state index is 12.8. The number of carbonyl (C=O) groups excluding carboxylic acids is 1. The average Bonchev–Trinajstić information content (AvgIpc) is 3.13. The van der Waals surface area contributed by atoms with E-state index in [-0.39, 0.29) is 6.54 Å². The van der Waals surface area contributed by atoms with Crippen LogP contribution >= 0.6 is 0 Å². The summed E-state index contributed by atoms with van der Waals surface area (Å²) in [6.45, 7) is 1.09. The van der Waals surface area contributed by atoms with E-state index in [1.54, 1.807) is 18.8 Å². The molecule has 1 fully saturated rings. The quantitative estimate of drug-likeness (QED) is 0.163. The monoisotopic (exact) mass is 417 g/mol. The van der Waals surface area contributed by atoms with E-state index in [4.69, 9.17) is 15.1 Å². The number of carbonyl (C=O) groups is 1. The van der Waals surface area contributed by atoms with E-state index in [0.29, 0.717) is 35.3 Å². The van der Waals surface area contributed by atoms with Crippen LogP contribution in [0, 0.1) is 0 Å². The third-order valence-corrected chi connectivity index (χ3v) is 4.93. The fraction of sp³-hybridized carbons (Fsp3) is 0.643. The van der Waals surface area contributed by atoms with Gasteiger partial charge in [-0.2, -0.15) is 18.6 Å². The third kappa shape index (κ3) is 3.81. The minimum atomic E-state index is -4.87. The van der Waals surface area contributed by atoms with Crippen LogP contribution in [-0.2, 0) is 26.6 Å². The predicted octanol–water partition coefficient (Wildman–Crippen LogP) is -0.724. The lowest BCUT2D eigenvalue weighted by Gasteiger charge is -2.32. The van der Waals surface area contributed by atoms with Gasteiger partial charge in [-0.25, -0.2) is 4.79 Å². The molecule has 2 bridgehead atoms. The number of hydroxylamine groups is 3. The van der Waals surface area contributed by atoms with Crippen molar-refractivity contribution in [3.63, 3.8) is 0 Å². The van der Waals surface area contributed by atoms with E-state index >= 15 is 0 Å². The molecular formula is C14H23N7O6S. The number of aromatic nitrogens is 2. The lowest BCUT2D eigenvalue weighted by molar-refractivity contribution is -0.0316. The molecular weight excluding hydrogens is 394 g/mol. The van der Waals surface area contributed by atoms with E-state index < -0.39 is 28.5 Å². The molecule has 1 saturated heterocycles. The van der Waals surface area contributed by atoms with Gasteiger partial charge < -0.3 is 10.6 Å². The zero-order valence-electron chi connectivity index (χ0n) is 15.5. The van der Waals surface area contributed by atoms with Crippen LogP contribution in [0.5, 0.6) is 0 Å². The minimum Gasteiger partial charge on any atom is -0.330 e. The van der Waals surface area contributed by atoms with Gasteiger partial charge >= 0.3 is 16.4 Å². The Morgan fingerprint density at radius 1 is 1.50 bits per heavy atom.